The van der Waals surface area contributed by atoms with Gasteiger partial charge in [-0.15, -0.1) is 0 Å². The minimum absolute atomic E-state index is 0.00910. The van der Waals surface area contributed by atoms with Crippen molar-refractivity contribution in [3.63, 3.8) is 0 Å². The van der Waals surface area contributed by atoms with Crippen LogP contribution in [0.5, 0.6) is 0 Å². The van der Waals surface area contributed by atoms with Crippen LogP contribution in [-0.4, -0.2) is 22.0 Å². The van der Waals surface area contributed by atoms with Crippen molar-refractivity contribution in [2.24, 2.45) is 0 Å². The van der Waals surface area contributed by atoms with Crippen molar-refractivity contribution in [3.8, 4) is 0 Å². The number of fused-ring (bicyclic) bond motifs is 1. The summed E-state index contributed by atoms with van der Waals surface area (Å²) in [6.07, 6.45) is 1.04. The molecule has 7 nitrogen and oxygen atoms in total. The molecule has 2 aromatic rings. The highest BCUT2D eigenvalue weighted by Gasteiger charge is 2.18. The number of anilines is 1. The van der Waals surface area contributed by atoms with Crippen molar-refractivity contribution >= 4 is 17.6 Å². The van der Waals surface area contributed by atoms with Crippen LogP contribution in [0.4, 0.5) is 5.69 Å². The Kier molecular flexibility index (Phi) is 4.10. The Bertz CT molecular complexity index is 752. The number of carbonyl (C=O) groups is 2. The standard InChI is InChI=1S/C16H17N3O4/c1-9(2)15-18-14(23-19-15)8-22-16(21)11-3-5-12-10(7-11)4-6-13(20)17-12/h3,5,7,9H,4,6,8H2,1-2H3,(H,17,20). The molecule has 0 radical (unpaired) electrons. The maximum absolute atomic E-state index is 12.1. The second-order valence-electron chi connectivity index (χ2n) is 5.70. The van der Waals surface area contributed by atoms with Crippen molar-refractivity contribution in [1.82, 2.24) is 10.1 Å². The molecular weight excluding hydrogens is 298 g/mol. The van der Waals surface area contributed by atoms with E-state index < -0.39 is 5.97 Å². The van der Waals surface area contributed by atoms with Crippen LogP contribution >= 0.6 is 0 Å². The van der Waals surface area contributed by atoms with E-state index in [1.54, 1.807) is 18.2 Å². The van der Waals surface area contributed by atoms with Gasteiger partial charge in [-0.05, 0) is 30.2 Å². The van der Waals surface area contributed by atoms with E-state index in [2.05, 4.69) is 15.5 Å². The molecule has 1 amide bonds. The predicted octanol–water partition coefficient (Wildman–Crippen LogP) is 2.43. The Labute approximate surface area is 133 Å². The largest absolute Gasteiger partial charge is 0.452 e. The summed E-state index contributed by atoms with van der Waals surface area (Å²) in [6, 6.07) is 5.08. The van der Waals surface area contributed by atoms with Gasteiger partial charge in [-0.2, -0.15) is 4.98 Å². The molecule has 1 aromatic heterocycles. The lowest BCUT2D eigenvalue weighted by Crippen LogP contribution is -2.19. The van der Waals surface area contributed by atoms with Crippen molar-refractivity contribution in [1.29, 1.82) is 0 Å². The first-order valence-electron chi connectivity index (χ1n) is 7.45. The van der Waals surface area contributed by atoms with Gasteiger partial charge in [0.1, 0.15) is 0 Å². The molecule has 120 valence electrons. The lowest BCUT2D eigenvalue weighted by molar-refractivity contribution is -0.116. The van der Waals surface area contributed by atoms with E-state index in [9.17, 15) is 9.59 Å². The van der Waals surface area contributed by atoms with Crippen LogP contribution in [0.1, 0.15) is 53.8 Å². The van der Waals surface area contributed by atoms with E-state index >= 15 is 0 Å². The van der Waals surface area contributed by atoms with Gasteiger partial charge in [0.15, 0.2) is 12.4 Å². The monoisotopic (exact) mass is 315 g/mol. The molecule has 0 atom stereocenters. The van der Waals surface area contributed by atoms with Crippen molar-refractivity contribution in [2.75, 3.05) is 5.32 Å². The molecule has 0 aliphatic carbocycles. The van der Waals surface area contributed by atoms with Gasteiger partial charge in [0.25, 0.3) is 5.89 Å². The number of nitrogens with one attached hydrogen (secondary N) is 1. The minimum atomic E-state index is -0.464. The van der Waals surface area contributed by atoms with Gasteiger partial charge < -0.3 is 14.6 Å². The second-order valence-corrected chi connectivity index (χ2v) is 5.70. The molecule has 1 aromatic carbocycles. The average molecular weight is 315 g/mol. The van der Waals surface area contributed by atoms with Crippen LogP contribution in [0.25, 0.3) is 0 Å². The number of esters is 1. The van der Waals surface area contributed by atoms with Gasteiger partial charge in [-0.25, -0.2) is 4.79 Å². The third-order valence-corrected chi connectivity index (χ3v) is 3.56. The lowest BCUT2D eigenvalue weighted by atomic mass is 10.0. The molecule has 0 fully saturated rings. The predicted molar refractivity (Wildman–Crippen MR) is 80.9 cm³/mol. The van der Waals surface area contributed by atoms with E-state index in [4.69, 9.17) is 9.26 Å². The first-order chi connectivity index (χ1) is 11.0. The molecule has 1 aliphatic heterocycles. The van der Waals surface area contributed by atoms with Gasteiger partial charge >= 0.3 is 5.97 Å². The number of ether oxygens (including phenoxy) is 1. The zero-order chi connectivity index (χ0) is 16.4. The highest BCUT2D eigenvalue weighted by Crippen LogP contribution is 2.24. The highest BCUT2D eigenvalue weighted by atomic mass is 16.6. The summed E-state index contributed by atoms with van der Waals surface area (Å²) in [5.74, 6) is 0.533. The number of hydrogen-bond acceptors (Lipinski definition) is 6. The molecular formula is C16H17N3O4. The van der Waals surface area contributed by atoms with E-state index in [1.807, 2.05) is 13.8 Å². The number of nitrogens with zero attached hydrogens (tertiary/aromatic N) is 2. The topological polar surface area (TPSA) is 94.3 Å². The molecule has 23 heavy (non-hydrogen) atoms. The zero-order valence-corrected chi connectivity index (χ0v) is 13.0. The zero-order valence-electron chi connectivity index (χ0n) is 13.0. The van der Waals surface area contributed by atoms with E-state index in [0.29, 0.717) is 24.2 Å². The molecule has 0 unspecified atom stereocenters. The molecule has 1 N–H and O–H groups in total. The number of carbonyl (C=O) groups excluding carboxylic acids is 2. The first kappa shape index (κ1) is 15.2. The molecule has 0 saturated carbocycles. The Morgan fingerprint density at radius 3 is 2.96 bits per heavy atom. The number of rotatable bonds is 4. The summed E-state index contributed by atoms with van der Waals surface area (Å²) >= 11 is 0. The Morgan fingerprint density at radius 1 is 1.39 bits per heavy atom. The number of aryl methyl sites for hydroxylation is 1. The number of amides is 1. The van der Waals surface area contributed by atoms with Gasteiger partial charge in [-0.3, -0.25) is 4.79 Å². The fourth-order valence-corrected chi connectivity index (χ4v) is 2.28. The lowest BCUT2D eigenvalue weighted by Gasteiger charge is -2.17. The van der Waals surface area contributed by atoms with Crippen molar-refractivity contribution < 1.29 is 18.8 Å². The van der Waals surface area contributed by atoms with Gasteiger partial charge in [0.2, 0.25) is 5.91 Å². The summed E-state index contributed by atoms with van der Waals surface area (Å²) in [4.78, 5) is 27.6. The number of aromatic nitrogens is 2. The van der Waals surface area contributed by atoms with Crippen molar-refractivity contribution in [2.45, 2.75) is 39.2 Å². The molecule has 0 bridgehead atoms. The maximum atomic E-state index is 12.1. The van der Waals surface area contributed by atoms with E-state index in [0.717, 1.165) is 11.3 Å². The number of hydrogen-bond donors (Lipinski definition) is 1. The van der Waals surface area contributed by atoms with Gasteiger partial charge in [-0.1, -0.05) is 19.0 Å². The van der Waals surface area contributed by atoms with Crippen LogP contribution in [0.15, 0.2) is 22.7 Å². The molecule has 7 heteroatoms. The van der Waals surface area contributed by atoms with Crippen LogP contribution in [0, 0.1) is 0 Å². The Balaban J connectivity index is 1.65. The summed E-state index contributed by atoms with van der Waals surface area (Å²) in [7, 11) is 0. The highest BCUT2D eigenvalue weighted by molar-refractivity contribution is 5.96. The van der Waals surface area contributed by atoms with Crippen LogP contribution in [-0.2, 0) is 22.6 Å². The molecule has 0 spiro atoms. The van der Waals surface area contributed by atoms with Crippen LogP contribution in [0.3, 0.4) is 0 Å². The molecule has 0 saturated heterocycles. The fourth-order valence-electron chi connectivity index (χ4n) is 2.28. The van der Waals surface area contributed by atoms with E-state index in [1.165, 1.54) is 0 Å². The van der Waals surface area contributed by atoms with Gasteiger partial charge in [0.05, 0.1) is 5.56 Å². The van der Waals surface area contributed by atoms with Crippen LogP contribution in [0.2, 0.25) is 0 Å². The second kappa shape index (κ2) is 6.20. The Morgan fingerprint density at radius 2 is 2.22 bits per heavy atom. The SMILES string of the molecule is CC(C)c1noc(COC(=O)c2ccc3c(c2)CCC(=O)N3)n1. The summed E-state index contributed by atoms with van der Waals surface area (Å²) in [6.45, 7) is 3.84. The van der Waals surface area contributed by atoms with Gasteiger partial charge in [0, 0.05) is 18.0 Å². The summed E-state index contributed by atoms with van der Waals surface area (Å²) in [5, 5.41) is 6.59. The quantitative estimate of drug-likeness (QED) is 0.871. The van der Waals surface area contributed by atoms with E-state index in [-0.39, 0.29) is 24.3 Å². The summed E-state index contributed by atoms with van der Waals surface area (Å²) in [5.41, 5.74) is 2.11. The van der Waals surface area contributed by atoms with Crippen LogP contribution < -0.4 is 5.32 Å². The first-order valence-corrected chi connectivity index (χ1v) is 7.45. The minimum Gasteiger partial charge on any atom is -0.452 e. The molecule has 1 aliphatic rings. The normalized spacial score (nSPS) is 13.6. The Hall–Kier alpha value is -2.70. The maximum Gasteiger partial charge on any atom is 0.338 e. The third-order valence-electron chi connectivity index (χ3n) is 3.56. The van der Waals surface area contributed by atoms with Crippen molar-refractivity contribution in [3.05, 3.63) is 41.0 Å². The fraction of sp³-hybridized carbons (Fsp3) is 0.375. The smallest absolute Gasteiger partial charge is 0.338 e. The summed E-state index contributed by atoms with van der Waals surface area (Å²) < 4.78 is 10.2. The molecule has 3 rings (SSSR count). The number of benzene rings is 1. The third kappa shape index (κ3) is 3.39. The molecule has 2 heterocycles. The average Bonchev–Trinajstić information content (AvgIpc) is 3.01.